The van der Waals surface area contributed by atoms with E-state index in [1.165, 1.54) is 36.3 Å². The van der Waals surface area contributed by atoms with Crippen LogP contribution in [0.2, 0.25) is 36.3 Å². The Balaban J connectivity index is 2.95. The van der Waals surface area contributed by atoms with Gasteiger partial charge in [-0.3, -0.25) is 0 Å². The summed E-state index contributed by atoms with van der Waals surface area (Å²) in [5, 5.41) is 0. The average Bonchev–Trinajstić information content (AvgIpc) is 2.97. The van der Waals surface area contributed by atoms with E-state index in [0.29, 0.717) is 0 Å². The minimum atomic E-state index is -1.60. The highest BCUT2D eigenvalue weighted by molar-refractivity contribution is 6.74. The first-order valence-electron chi connectivity index (χ1n) is 8.81. The van der Waals surface area contributed by atoms with Gasteiger partial charge in [0.1, 0.15) is 11.5 Å². The third kappa shape index (κ3) is 4.25. The molecule has 0 bridgehead atoms. The molecule has 0 spiro atoms. The maximum atomic E-state index is 6.59. The molecule has 0 aromatic heterocycles. The molecular weight excluding hydrogens is 292 g/mol. The minimum absolute atomic E-state index is 0.922. The quantitative estimate of drug-likeness (QED) is 0.445. The van der Waals surface area contributed by atoms with Crippen LogP contribution >= 0.6 is 0 Å². The Hall–Kier alpha value is -0.486. The van der Waals surface area contributed by atoms with Gasteiger partial charge in [-0.25, -0.2) is 0 Å². The zero-order valence-electron chi connectivity index (χ0n) is 14.9. The van der Waals surface area contributed by atoms with Gasteiger partial charge in [0.15, 0.2) is 0 Å². The second-order valence-corrected chi connectivity index (χ2v) is 15.5. The van der Waals surface area contributed by atoms with E-state index in [4.69, 9.17) is 8.85 Å². The molecule has 2 nitrogen and oxygen atoms in total. The zero-order chi connectivity index (χ0) is 15.9. The van der Waals surface area contributed by atoms with Gasteiger partial charge in [0.25, 0.3) is 8.32 Å². The van der Waals surface area contributed by atoms with Gasteiger partial charge in [0.05, 0.1) is 0 Å². The van der Waals surface area contributed by atoms with Crippen molar-refractivity contribution in [3.63, 3.8) is 0 Å². The third-order valence-electron chi connectivity index (χ3n) is 5.38. The third-order valence-corrected chi connectivity index (χ3v) is 14.4. The molecule has 4 heteroatoms. The summed E-state index contributed by atoms with van der Waals surface area (Å²) in [6.45, 7) is 13.7. The second-order valence-electron chi connectivity index (χ2n) is 6.09. The van der Waals surface area contributed by atoms with E-state index in [0.717, 1.165) is 17.9 Å². The van der Waals surface area contributed by atoms with Crippen molar-refractivity contribution in [2.24, 2.45) is 0 Å². The fraction of sp³-hybridized carbons (Fsp3) is 0.765. The number of hydrogen-bond acceptors (Lipinski definition) is 2. The normalized spacial score (nSPS) is 15.7. The molecule has 0 unspecified atom stereocenters. The Labute approximate surface area is 133 Å². The predicted octanol–water partition coefficient (Wildman–Crippen LogP) is 6.20. The van der Waals surface area contributed by atoms with Gasteiger partial charge in [-0.15, -0.1) is 0 Å². The Morgan fingerprint density at radius 3 is 1.62 bits per heavy atom. The van der Waals surface area contributed by atoms with Gasteiger partial charge in [0, 0.05) is 6.42 Å². The molecule has 1 aliphatic rings. The number of allylic oxidation sites excluding steroid dienone is 2. The topological polar surface area (TPSA) is 18.5 Å². The second kappa shape index (κ2) is 8.23. The molecule has 1 aliphatic carbocycles. The fourth-order valence-corrected chi connectivity index (χ4v) is 8.30. The van der Waals surface area contributed by atoms with E-state index in [1.807, 2.05) is 0 Å². The molecule has 0 fully saturated rings. The summed E-state index contributed by atoms with van der Waals surface area (Å²) in [5.41, 5.74) is 0. The molecule has 0 aromatic carbocycles. The van der Waals surface area contributed by atoms with Crippen LogP contribution in [0.3, 0.4) is 0 Å². The molecule has 1 rings (SSSR count). The molecule has 122 valence electrons. The number of hydrogen-bond donors (Lipinski definition) is 0. The summed E-state index contributed by atoms with van der Waals surface area (Å²) in [5.74, 6) is 2.18. The van der Waals surface area contributed by atoms with Crippen molar-refractivity contribution in [1.82, 2.24) is 0 Å². The van der Waals surface area contributed by atoms with E-state index in [2.05, 4.69) is 53.7 Å². The van der Waals surface area contributed by atoms with Crippen LogP contribution in [-0.2, 0) is 8.85 Å². The Morgan fingerprint density at radius 2 is 1.19 bits per heavy atom. The van der Waals surface area contributed by atoms with Gasteiger partial charge in [-0.1, -0.05) is 47.6 Å². The van der Waals surface area contributed by atoms with Gasteiger partial charge in [-0.2, -0.15) is 0 Å². The van der Waals surface area contributed by atoms with E-state index < -0.39 is 16.6 Å². The van der Waals surface area contributed by atoms with Crippen molar-refractivity contribution in [1.29, 1.82) is 0 Å². The van der Waals surface area contributed by atoms with E-state index in [-0.39, 0.29) is 0 Å². The first-order valence-corrected chi connectivity index (χ1v) is 13.9. The highest BCUT2D eigenvalue weighted by atomic mass is 28.4. The number of rotatable bonds is 10. The van der Waals surface area contributed by atoms with Crippen molar-refractivity contribution in [3.05, 3.63) is 23.7 Å². The molecule has 0 aliphatic heterocycles. The lowest BCUT2D eigenvalue weighted by molar-refractivity contribution is 0.339. The van der Waals surface area contributed by atoms with Crippen molar-refractivity contribution in [2.75, 3.05) is 0 Å². The predicted molar refractivity (Wildman–Crippen MR) is 97.3 cm³/mol. The molecule has 0 saturated heterocycles. The van der Waals surface area contributed by atoms with Crippen LogP contribution in [0, 0.1) is 0 Å². The summed E-state index contributed by atoms with van der Waals surface area (Å²) >= 11 is 0. The smallest absolute Gasteiger partial charge is 0.250 e. The van der Waals surface area contributed by atoms with Crippen molar-refractivity contribution < 1.29 is 8.85 Å². The monoisotopic (exact) mass is 326 g/mol. The largest absolute Gasteiger partial charge is 0.544 e. The summed E-state index contributed by atoms with van der Waals surface area (Å²) in [7, 11) is -3.20. The van der Waals surface area contributed by atoms with Crippen LogP contribution in [0.1, 0.15) is 48.0 Å². The Bertz CT molecular complexity index is 364. The fourth-order valence-electron chi connectivity index (χ4n) is 3.08. The van der Waals surface area contributed by atoms with Crippen LogP contribution in [0.25, 0.3) is 0 Å². The standard InChI is InChI=1S/C17H34O2Si2/c1-7-20(8-2,9-3)18-16-14-13-15-17(16)19-21(10-4,11-5)12-6/h13-14H,7-12,15H2,1-6H3. The molecule has 0 N–H and O–H groups in total. The lowest BCUT2D eigenvalue weighted by Crippen LogP contribution is -2.37. The van der Waals surface area contributed by atoms with Gasteiger partial charge in [0.2, 0.25) is 8.32 Å². The molecule has 21 heavy (non-hydrogen) atoms. The lowest BCUT2D eigenvalue weighted by atomic mass is 10.4. The maximum absolute atomic E-state index is 6.59. The van der Waals surface area contributed by atoms with E-state index in [1.54, 1.807) is 0 Å². The van der Waals surface area contributed by atoms with Crippen molar-refractivity contribution >= 4 is 16.6 Å². The van der Waals surface area contributed by atoms with Crippen LogP contribution in [-0.4, -0.2) is 16.6 Å². The maximum Gasteiger partial charge on any atom is 0.250 e. The molecule has 0 amide bonds. The summed E-state index contributed by atoms with van der Waals surface area (Å²) in [4.78, 5) is 0. The average molecular weight is 327 g/mol. The van der Waals surface area contributed by atoms with E-state index >= 15 is 0 Å². The SMILES string of the molecule is CC[Si](CC)(CC)OC1=C(O[Si](CC)(CC)CC)CC=C1. The minimum Gasteiger partial charge on any atom is -0.544 e. The molecule has 0 heterocycles. The summed E-state index contributed by atoms with van der Waals surface area (Å²) in [6.07, 6.45) is 5.27. The van der Waals surface area contributed by atoms with E-state index in [9.17, 15) is 0 Å². The Morgan fingerprint density at radius 1 is 0.762 bits per heavy atom. The highest BCUT2D eigenvalue weighted by Crippen LogP contribution is 2.34. The first kappa shape index (κ1) is 18.6. The highest BCUT2D eigenvalue weighted by Gasteiger charge is 2.36. The van der Waals surface area contributed by atoms with Crippen LogP contribution in [0.5, 0.6) is 0 Å². The molecule has 0 atom stereocenters. The Kier molecular flexibility index (Phi) is 7.27. The van der Waals surface area contributed by atoms with Crippen molar-refractivity contribution in [2.45, 2.75) is 84.2 Å². The van der Waals surface area contributed by atoms with Crippen LogP contribution in [0.4, 0.5) is 0 Å². The molecule has 0 radical (unpaired) electrons. The van der Waals surface area contributed by atoms with Crippen molar-refractivity contribution in [3.8, 4) is 0 Å². The lowest BCUT2D eigenvalue weighted by Gasteiger charge is -2.33. The first-order chi connectivity index (χ1) is 10.0. The summed E-state index contributed by atoms with van der Waals surface area (Å²) in [6, 6.07) is 7.12. The van der Waals surface area contributed by atoms with Gasteiger partial charge < -0.3 is 8.85 Å². The molecular formula is C17H34O2Si2. The molecule has 0 saturated carbocycles. The van der Waals surface area contributed by atoms with Gasteiger partial charge >= 0.3 is 0 Å². The zero-order valence-corrected chi connectivity index (χ0v) is 16.9. The van der Waals surface area contributed by atoms with Crippen LogP contribution in [0.15, 0.2) is 23.7 Å². The summed E-state index contributed by atoms with van der Waals surface area (Å²) < 4.78 is 13.2. The van der Waals surface area contributed by atoms with Gasteiger partial charge in [-0.05, 0) is 42.3 Å². The molecule has 0 aromatic rings. The van der Waals surface area contributed by atoms with Crippen LogP contribution < -0.4 is 0 Å².